The smallest absolute Gasteiger partial charge is 0.250 e. The van der Waals surface area contributed by atoms with Gasteiger partial charge in [0, 0.05) is 47.9 Å². The van der Waals surface area contributed by atoms with E-state index in [0.29, 0.717) is 30.4 Å². The number of methoxy groups -OCH3 is 1. The average Bonchev–Trinajstić information content (AvgIpc) is 2.80. The second kappa shape index (κ2) is 8.06. The highest BCUT2D eigenvalue weighted by atomic mass is 35.5. The molecule has 2 atom stereocenters. The zero-order valence-electron chi connectivity index (χ0n) is 17.6. The highest BCUT2D eigenvalue weighted by Gasteiger charge is 2.40. The Morgan fingerprint density at radius 2 is 1.66 bits per heavy atom. The van der Waals surface area contributed by atoms with Crippen molar-refractivity contribution in [2.24, 2.45) is 5.92 Å². The summed E-state index contributed by atoms with van der Waals surface area (Å²) in [5.41, 5.74) is 2.78. The van der Waals surface area contributed by atoms with Gasteiger partial charge in [-0.05, 0) is 60.4 Å². The zero-order chi connectivity index (χ0) is 22.5. The summed E-state index contributed by atoms with van der Waals surface area (Å²) in [6, 6.07) is 17.4. The number of sulfonamides is 1. The molecule has 2 aliphatic rings. The lowest BCUT2D eigenvalue weighted by atomic mass is 9.81. The van der Waals surface area contributed by atoms with Crippen LogP contribution in [0.15, 0.2) is 70.4 Å². The van der Waals surface area contributed by atoms with Crippen molar-refractivity contribution in [2.75, 3.05) is 20.2 Å². The summed E-state index contributed by atoms with van der Waals surface area (Å²) in [7, 11) is -2.10. The van der Waals surface area contributed by atoms with Crippen LogP contribution in [-0.4, -0.2) is 37.5 Å². The highest BCUT2D eigenvalue weighted by Crippen LogP contribution is 2.41. The molecule has 1 aromatic heterocycles. The maximum atomic E-state index is 13.4. The molecule has 0 aliphatic carbocycles. The van der Waals surface area contributed by atoms with E-state index in [1.807, 2.05) is 34.9 Å². The monoisotopic (exact) mass is 470 g/mol. The van der Waals surface area contributed by atoms with Crippen molar-refractivity contribution in [3.8, 4) is 16.9 Å². The van der Waals surface area contributed by atoms with Gasteiger partial charge in [0.2, 0.25) is 10.0 Å². The molecule has 0 N–H and O–H groups in total. The van der Waals surface area contributed by atoms with E-state index in [0.717, 1.165) is 23.2 Å². The summed E-state index contributed by atoms with van der Waals surface area (Å²) in [6.45, 7) is 1.26. The molecule has 1 fully saturated rings. The minimum atomic E-state index is -3.65. The van der Waals surface area contributed by atoms with E-state index in [2.05, 4.69) is 0 Å². The molecule has 32 heavy (non-hydrogen) atoms. The van der Waals surface area contributed by atoms with Crippen molar-refractivity contribution in [1.82, 2.24) is 8.87 Å². The van der Waals surface area contributed by atoms with Crippen LogP contribution in [0.5, 0.6) is 5.75 Å². The van der Waals surface area contributed by atoms with Crippen LogP contribution in [-0.2, 0) is 16.6 Å². The number of fused-ring (bicyclic) bond motifs is 4. The Hall–Kier alpha value is -2.61. The minimum Gasteiger partial charge on any atom is -0.497 e. The van der Waals surface area contributed by atoms with Crippen LogP contribution in [0.3, 0.4) is 0 Å². The first-order valence-electron chi connectivity index (χ1n) is 10.5. The first-order valence-corrected chi connectivity index (χ1v) is 12.3. The molecule has 0 spiro atoms. The largest absolute Gasteiger partial charge is 0.497 e. The average molecular weight is 471 g/mol. The fraction of sp³-hybridized carbons (Fsp3) is 0.292. The lowest BCUT2D eigenvalue weighted by Gasteiger charge is -2.42. The van der Waals surface area contributed by atoms with E-state index in [1.54, 1.807) is 41.7 Å². The first-order chi connectivity index (χ1) is 15.4. The van der Waals surface area contributed by atoms with Crippen LogP contribution in [0.25, 0.3) is 11.1 Å². The Morgan fingerprint density at radius 1 is 0.938 bits per heavy atom. The summed E-state index contributed by atoms with van der Waals surface area (Å²) in [5.74, 6) is 0.642. The van der Waals surface area contributed by atoms with Crippen molar-refractivity contribution in [1.29, 1.82) is 0 Å². The van der Waals surface area contributed by atoms with E-state index in [9.17, 15) is 13.2 Å². The van der Waals surface area contributed by atoms with Gasteiger partial charge in [0.05, 0.1) is 12.0 Å². The zero-order valence-corrected chi connectivity index (χ0v) is 19.1. The topological polar surface area (TPSA) is 68.6 Å². The van der Waals surface area contributed by atoms with Gasteiger partial charge in [-0.15, -0.1) is 0 Å². The SMILES string of the molecule is COc1ccc(S(=O)(=O)N2CC3CC(C2)c2c(-c4ccc(Cl)cc4)ccc(=O)n2C3)cc1. The molecule has 6 nitrogen and oxygen atoms in total. The Labute approximate surface area is 192 Å². The van der Waals surface area contributed by atoms with E-state index < -0.39 is 10.0 Å². The van der Waals surface area contributed by atoms with E-state index >= 15 is 0 Å². The Balaban J connectivity index is 1.54. The third kappa shape index (κ3) is 3.64. The molecule has 2 aromatic carbocycles. The lowest BCUT2D eigenvalue weighted by Crippen LogP contribution is -2.49. The second-order valence-corrected chi connectivity index (χ2v) is 10.8. The standard InChI is InChI=1S/C24H23ClN2O4S/c1-31-20-6-8-21(9-7-20)32(29,30)26-13-16-12-18(15-26)24-22(10-11-23(28)27(24)14-16)17-2-4-19(25)5-3-17/h2-11,16,18H,12-15H2,1H3. The number of ether oxygens (including phenoxy) is 1. The van der Waals surface area contributed by atoms with Crippen LogP contribution in [0.1, 0.15) is 18.0 Å². The third-order valence-corrected chi connectivity index (χ3v) is 8.51. The number of benzene rings is 2. The van der Waals surface area contributed by atoms with Gasteiger partial charge in [0.1, 0.15) is 5.75 Å². The number of hydrogen-bond donors (Lipinski definition) is 0. The van der Waals surface area contributed by atoms with Gasteiger partial charge in [-0.1, -0.05) is 23.7 Å². The predicted molar refractivity (Wildman–Crippen MR) is 124 cm³/mol. The Bertz CT molecular complexity index is 1320. The number of pyridine rings is 1. The number of aromatic nitrogens is 1. The molecule has 3 heterocycles. The number of nitrogens with zero attached hydrogens (tertiary/aromatic N) is 2. The normalized spacial score (nSPS) is 20.6. The van der Waals surface area contributed by atoms with Crippen molar-refractivity contribution in [3.05, 3.63) is 81.7 Å². The lowest BCUT2D eigenvalue weighted by molar-refractivity contribution is 0.187. The van der Waals surface area contributed by atoms with Gasteiger partial charge < -0.3 is 9.30 Å². The quantitative estimate of drug-likeness (QED) is 0.578. The summed E-state index contributed by atoms with van der Waals surface area (Å²) in [4.78, 5) is 12.9. The van der Waals surface area contributed by atoms with Gasteiger partial charge in [0.15, 0.2) is 0 Å². The molecule has 2 bridgehead atoms. The summed E-state index contributed by atoms with van der Waals surface area (Å²) < 4.78 is 35.3. The molecule has 0 radical (unpaired) electrons. The van der Waals surface area contributed by atoms with Gasteiger partial charge in [0.25, 0.3) is 5.56 Å². The maximum Gasteiger partial charge on any atom is 0.250 e. The van der Waals surface area contributed by atoms with Crippen molar-refractivity contribution in [2.45, 2.75) is 23.8 Å². The molecule has 2 unspecified atom stereocenters. The third-order valence-electron chi connectivity index (χ3n) is 6.41. The molecule has 5 rings (SSSR count). The van der Waals surface area contributed by atoms with Gasteiger partial charge in [-0.25, -0.2) is 8.42 Å². The van der Waals surface area contributed by atoms with Gasteiger partial charge in [-0.2, -0.15) is 4.31 Å². The minimum absolute atomic E-state index is 0.0427. The fourth-order valence-corrected chi connectivity index (χ4v) is 6.63. The maximum absolute atomic E-state index is 13.4. The molecule has 0 amide bonds. The van der Waals surface area contributed by atoms with Crippen LogP contribution < -0.4 is 10.3 Å². The van der Waals surface area contributed by atoms with Gasteiger partial charge in [-0.3, -0.25) is 4.79 Å². The molecule has 2 aliphatic heterocycles. The second-order valence-electron chi connectivity index (χ2n) is 8.38. The van der Waals surface area contributed by atoms with Crippen LogP contribution >= 0.6 is 11.6 Å². The summed E-state index contributed by atoms with van der Waals surface area (Å²) >= 11 is 6.06. The van der Waals surface area contributed by atoms with Crippen molar-refractivity contribution < 1.29 is 13.2 Å². The van der Waals surface area contributed by atoms with E-state index in [-0.39, 0.29) is 22.3 Å². The molecule has 0 saturated carbocycles. The number of halogens is 1. The van der Waals surface area contributed by atoms with Crippen LogP contribution in [0.2, 0.25) is 5.02 Å². The Kier molecular flexibility index (Phi) is 5.35. The number of hydrogen-bond acceptors (Lipinski definition) is 4. The van der Waals surface area contributed by atoms with E-state index in [1.165, 1.54) is 0 Å². The van der Waals surface area contributed by atoms with Crippen LogP contribution in [0, 0.1) is 5.92 Å². The fourth-order valence-electron chi connectivity index (χ4n) is 4.94. The molecule has 8 heteroatoms. The number of rotatable bonds is 4. The Morgan fingerprint density at radius 3 is 2.34 bits per heavy atom. The van der Waals surface area contributed by atoms with Crippen molar-refractivity contribution >= 4 is 21.6 Å². The molecule has 1 saturated heterocycles. The summed E-state index contributed by atoms with van der Waals surface area (Å²) in [6.07, 6.45) is 0.860. The van der Waals surface area contributed by atoms with E-state index in [4.69, 9.17) is 16.3 Å². The molecule has 166 valence electrons. The predicted octanol–water partition coefficient (Wildman–Crippen LogP) is 3.99. The summed E-state index contributed by atoms with van der Waals surface area (Å²) in [5, 5.41) is 0.644. The van der Waals surface area contributed by atoms with Crippen molar-refractivity contribution in [3.63, 3.8) is 0 Å². The molecular formula is C24H23ClN2O4S. The number of piperidine rings is 1. The molecular weight excluding hydrogens is 448 g/mol. The van der Waals surface area contributed by atoms with Crippen LogP contribution in [0.4, 0.5) is 0 Å². The highest BCUT2D eigenvalue weighted by molar-refractivity contribution is 7.89. The first kappa shape index (κ1) is 21.2. The molecule has 3 aromatic rings. The van der Waals surface area contributed by atoms with Gasteiger partial charge >= 0.3 is 0 Å².